The third-order valence-electron chi connectivity index (χ3n) is 15.1. The highest BCUT2D eigenvalue weighted by molar-refractivity contribution is 6.12. The van der Waals surface area contributed by atoms with Crippen LogP contribution in [0.2, 0.25) is 0 Å². The maximum atomic E-state index is 5.31. The van der Waals surface area contributed by atoms with Gasteiger partial charge in [0.2, 0.25) is 0 Å². The van der Waals surface area contributed by atoms with Crippen molar-refractivity contribution in [3.05, 3.63) is 290 Å². The second-order valence-corrected chi connectivity index (χ2v) is 19.9. The molecule has 0 aliphatic heterocycles. The molecule has 0 atom stereocenters. The minimum Gasteiger partial charge on any atom is -0.310 e. The molecule has 0 amide bonds. The predicted molar refractivity (Wildman–Crippen MR) is 326 cm³/mol. The molecule has 0 N–H and O–H groups in total. The Balaban J connectivity index is 0.849. The van der Waals surface area contributed by atoms with Gasteiger partial charge < -0.3 is 18.9 Å². The lowest BCUT2D eigenvalue weighted by Gasteiger charge is -2.25. The number of hydrogen-bond donors (Lipinski definition) is 0. The van der Waals surface area contributed by atoms with E-state index in [2.05, 4.69) is 306 Å². The van der Waals surface area contributed by atoms with Crippen LogP contribution in [-0.4, -0.2) is 19.1 Å². The van der Waals surface area contributed by atoms with Crippen LogP contribution in [0, 0.1) is 13.8 Å². The Hall–Kier alpha value is -10.3. The molecule has 11 aromatic carbocycles. The molecule has 6 heteroatoms. The predicted octanol–water partition coefficient (Wildman–Crippen LogP) is 19.2. The molecule has 0 fully saturated rings. The van der Waals surface area contributed by atoms with Gasteiger partial charge in [-0.3, -0.25) is 0 Å². The van der Waals surface area contributed by atoms with Crippen LogP contribution in [-0.2, 0) is 0 Å². The summed E-state index contributed by atoms with van der Waals surface area (Å²) in [7, 11) is 0. The fourth-order valence-corrected chi connectivity index (χ4v) is 11.5. The lowest BCUT2D eigenvalue weighted by Crippen LogP contribution is -2.09. The first-order chi connectivity index (χ1) is 38.5. The van der Waals surface area contributed by atoms with E-state index in [0.29, 0.717) is 5.82 Å². The molecular weight excluding hydrogens is 949 g/mol. The number of anilines is 6. The maximum Gasteiger partial charge on any atom is 0.160 e. The second-order valence-electron chi connectivity index (χ2n) is 19.9. The maximum absolute atomic E-state index is 5.31. The number of benzene rings is 11. The van der Waals surface area contributed by atoms with E-state index in [0.717, 1.165) is 107 Å². The molecule has 78 heavy (non-hydrogen) atoms. The summed E-state index contributed by atoms with van der Waals surface area (Å²) in [6.45, 7) is 4.39. The summed E-state index contributed by atoms with van der Waals surface area (Å²) in [6.07, 6.45) is 0. The zero-order valence-corrected chi connectivity index (χ0v) is 43.2. The van der Waals surface area contributed by atoms with Gasteiger partial charge in [-0.05, 0) is 152 Å². The van der Waals surface area contributed by atoms with Crippen molar-refractivity contribution in [1.29, 1.82) is 0 Å². The van der Waals surface area contributed by atoms with Gasteiger partial charge >= 0.3 is 0 Å². The fourth-order valence-electron chi connectivity index (χ4n) is 11.5. The molecule has 14 aromatic rings. The van der Waals surface area contributed by atoms with Gasteiger partial charge in [-0.2, -0.15) is 0 Å². The molecule has 0 radical (unpaired) electrons. The number of hydrogen-bond acceptors (Lipinski definition) is 4. The van der Waals surface area contributed by atoms with Crippen molar-refractivity contribution in [2.24, 2.45) is 0 Å². The van der Waals surface area contributed by atoms with E-state index in [9.17, 15) is 0 Å². The number of aryl methyl sites for hydroxylation is 2. The molecule has 0 aliphatic carbocycles. The summed E-state index contributed by atoms with van der Waals surface area (Å²) in [5, 5.41) is 4.79. The quantitative estimate of drug-likeness (QED) is 0.129. The molecule has 14 rings (SSSR count). The summed E-state index contributed by atoms with van der Waals surface area (Å²) in [6, 6.07) is 99.6. The zero-order chi connectivity index (χ0) is 52.1. The van der Waals surface area contributed by atoms with Crippen LogP contribution in [0.25, 0.3) is 88.9 Å². The van der Waals surface area contributed by atoms with Gasteiger partial charge in [0.15, 0.2) is 5.82 Å². The first-order valence-electron chi connectivity index (χ1n) is 26.6. The Morgan fingerprint density at radius 1 is 0.282 bits per heavy atom. The second kappa shape index (κ2) is 19.4. The Morgan fingerprint density at radius 3 is 1.01 bits per heavy atom. The lowest BCUT2D eigenvalue weighted by molar-refractivity contribution is 1.15. The summed E-state index contributed by atoms with van der Waals surface area (Å²) >= 11 is 0. The summed E-state index contributed by atoms with van der Waals surface area (Å²) < 4.78 is 4.79. The van der Waals surface area contributed by atoms with Gasteiger partial charge in [0, 0.05) is 83.7 Å². The third-order valence-corrected chi connectivity index (χ3v) is 15.1. The molecule has 0 saturated heterocycles. The van der Waals surface area contributed by atoms with E-state index in [-0.39, 0.29) is 0 Å². The molecule has 6 nitrogen and oxygen atoms in total. The van der Waals surface area contributed by atoms with Crippen LogP contribution in [0.15, 0.2) is 279 Å². The van der Waals surface area contributed by atoms with Crippen molar-refractivity contribution in [3.63, 3.8) is 0 Å². The van der Waals surface area contributed by atoms with Crippen molar-refractivity contribution < 1.29 is 0 Å². The fraction of sp³-hybridized carbons (Fsp3) is 0.0278. The molecule has 3 heterocycles. The smallest absolute Gasteiger partial charge is 0.160 e. The van der Waals surface area contributed by atoms with Gasteiger partial charge in [-0.25, -0.2) is 9.97 Å². The van der Waals surface area contributed by atoms with E-state index >= 15 is 0 Å². The zero-order valence-electron chi connectivity index (χ0n) is 43.2. The number of nitrogens with zero attached hydrogens (tertiary/aromatic N) is 6. The Labute approximate surface area is 453 Å². The highest BCUT2D eigenvalue weighted by atomic mass is 15.1. The van der Waals surface area contributed by atoms with Crippen LogP contribution < -0.4 is 9.80 Å². The minimum atomic E-state index is 0.687. The molecular formula is C72H52N6. The summed E-state index contributed by atoms with van der Waals surface area (Å²) in [5.74, 6) is 0.687. The van der Waals surface area contributed by atoms with Crippen LogP contribution in [0.1, 0.15) is 11.1 Å². The Morgan fingerprint density at radius 2 is 0.628 bits per heavy atom. The van der Waals surface area contributed by atoms with E-state index in [1.165, 1.54) is 21.5 Å². The van der Waals surface area contributed by atoms with Crippen LogP contribution >= 0.6 is 0 Å². The summed E-state index contributed by atoms with van der Waals surface area (Å²) in [4.78, 5) is 15.3. The minimum absolute atomic E-state index is 0.687. The summed E-state index contributed by atoms with van der Waals surface area (Å²) in [5.41, 5.74) is 20.5. The Bertz CT molecular complexity index is 4160. The number of para-hydroxylation sites is 6. The molecule has 0 unspecified atom stereocenters. The van der Waals surface area contributed by atoms with Crippen LogP contribution in [0.5, 0.6) is 0 Å². The number of aromatic nitrogens is 4. The van der Waals surface area contributed by atoms with Gasteiger partial charge in [0.1, 0.15) is 0 Å². The largest absolute Gasteiger partial charge is 0.310 e. The van der Waals surface area contributed by atoms with Crippen molar-refractivity contribution in [2.45, 2.75) is 13.8 Å². The SMILES string of the molecule is Cc1cc(-n2c3ccccc3c3cc(N(c4ccccc4)c4ccccc4)ccc32)ccc1-c1cc(-c2ccc(-n3c4ccccc4c4cc(N(c5ccccc5)c5ccccc5)ccc43)cc2C)nc(-c2ccccc2)n1. The number of fused-ring (bicyclic) bond motifs is 6. The van der Waals surface area contributed by atoms with Crippen LogP contribution in [0.3, 0.4) is 0 Å². The molecule has 370 valence electrons. The molecule has 0 aliphatic rings. The van der Waals surface area contributed by atoms with Gasteiger partial charge in [-0.1, -0.05) is 152 Å². The highest BCUT2D eigenvalue weighted by Crippen LogP contribution is 2.43. The monoisotopic (exact) mass is 1000 g/mol. The average molecular weight is 1000 g/mol. The van der Waals surface area contributed by atoms with Gasteiger partial charge in [-0.15, -0.1) is 0 Å². The van der Waals surface area contributed by atoms with Crippen molar-refractivity contribution in [3.8, 4) is 45.3 Å². The molecule has 3 aromatic heterocycles. The van der Waals surface area contributed by atoms with E-state index < -0.39 is 0 Å². The van der Waals surface area contributed by atoms with E-state index in [1.807, 2.05) is 6.07 Å². The first-order valence-corrected chi connectivity index (χ1v) is 26.6. The lowest BCUT2D eigenvalue weighted by atomic mass is 9.99. The van der Waals surface area contributed by atoms with Crippen molar-refractivity contribution in [1.82, 2.24) is 19.1 Å². The average Bonchev–Trinajstić information content (AvgIpc) is 4.08. The molecule has 0 spiro atoms. The first kappa shape index (κ1) is 46.2. The highest BCUT2D eigenvalue weighted by Gasteiger charge is 2.21. The molecule has 0 saturated carbocycles. The normalized spacial score (nSPS) is 11.5. The third kappa shape index (κ3) is 8.15. The Kier molecular flexibility index (Phi) is 11.5. The van der Waals surface area contributed by atoms with Crippen molar-refractivity contribution >= 4 is 77.7 Å². The standard InChI is InChI=1S/C72H52N6/c1-49-44-56(77-68-34-20-18-32-62(68)64-46-58(38-42-70(64)77)75(52-24-10-4-11-25-52)53-26-12-5-13-27-53)36-40-60(49)66-48-67(74-72(73-66)51-22-8-3-9-23-51)61-41-37-57(45-50(61)2)78-69-35-21-19-33-63(69)65-47-59(39-43-71(65)78)76(54-28-14-6-15-29-54)55-30-16-7-17-31-55/h3-48H,1-2H3. The number of rotatable bonds is 11. The van der Waals surface area contributed by atoms with Gasteiger partial charge in [0.05, 0.1) is 33.5 Å². The van der Waals surface area contributed by atoms with Crippen LogP contribution in [0.4, 0.5) is 34.1 Å². The van der Waals surface area contributed by atoms with E-state index in [1.54, 1.807) is 0 Å². The van der Waals surface area contributed by atoms with Crippen molar-refractivity contribution in [2.75, 3.05) is 9.80 Å². The van der Waals surface area contributed by atoms with Gasteiger partial charge in [0.25, 0.3) is 0 Å². The van der Waals surface area contributed by atoms with E-state index in [4.69, 9.17) is 9.97 Å². The topological polar surface area (TPSA) is 42.1 Å². The molecule has 0 bridgehead atoms.